The van der Waals surface area contributed by atoms with Crippen LogP contribution in [0.3, 0.4) is 0 Å². The standard InChI is InChI=1S/C26H24FN3O4/c27-20-8-2-6-18(14-20)25(32)29-21-9-1-5-17(13-21)16-28-24(31)19-7-3-10-22(15-19)30-26(33)23-11-4-12-34-23/h1-3,5-10,13-15,23H,4,11-12,16H2,(H,28,31)(H,29,32)(H,30,33). The minimum Gasteiger partial charge on any atom is -0.368 e. The van der Waals surface area contributed by atoms with Crippen molar-refractivity contribution in [3.8, 4) is 0 Å². The van der Waals surface area contributed by atoms with E-state index < -0.39 is 17.8 Å². The summed E-state index contributed by atoms with van der Waals surface area (Å²) in [7, 11) is 0. The molecule has 1 saturated heterocycles. The van der Waals surface area contributed by atoms with Gasteiger partial charge >= 0.3 is 0 Å². The molecule has 1 atom stereocenters. The first-order valence-corrected chi connectivity index (χ1v) is 10.9. The molecule has 3 N–H and O–H groups in total. The Bertz CT molecular complexity index is 1210. The van der Waals surface area contributed by atoms with Crippen molar-refractivity contribution in [3.63, 3.8) is 0 Å². The maximum absolute atomic E-state index is 13.4. The van der Waals surface area contributed by atoms with Crippen LogP contribution in [-0.4, -0.2) is 30.4 Å². The van der Waals surface area contributed by atoms with Crippen molar-refractivity contribution in [1.29, 1.82) is 0 Å². The lowest BCUT2D eigenvalue weighted by molar-refractivity contribution is -0.124. The Morgan fingerprint density at radius 1 is 0.853 bits per heavy atom. The van der Waals surface area contributed by atoms with E-state index in [-0.39, 0.29) is 23.9 Å². The van der Waals surface area contributed by atoms with E-state index in [0.717, 1.165) is 18.1 Å². The lowest BCUT2D eigenvalue weighted by Gasteiger charge is -2.12. The molecule has 0 bridgehead atoms. The Morgan fingerprint density at radius 2 is 1.56 bits per heavy atom. The summed E-state index contributed by atoms with van der Waals surface area (Å²) in [5, 5.41) is 8.34. The molecule has 0 aromatic heterocycles. The number of hydrogen-bond donors (Lipinski definition) is 3. The minimum atomic E-state index is -0.486. The number of nitrogens with one attached hydrogen (secondary N) is 3. The van der Waals surface area contributed by atoms with E-state index >= 15 is 0 Å². The summed E-state index contributed by atoms with van der Waals surface area (Å²) in [6, 6.07) is 19.1. The Kier molecular flexibility index (Phi) is 7.29. The predicted octanol–water partition coefficient (Wildman–Crippen LogP) is 4.13. The molecular formula is C26H24FN3O4. The topological polar surface area (TPSA) is 96.5 Å². The summed E-state index contributed by atoms with van der Waals surface area (Å²) in [6.07, 6.45) is 1.09. The first kappa shape index (κ1) is 23.1. The monoisotopic (exact) mass is 461 g/mol. The molecule has 0 aliphatic carbocycles. The molecule has 1 heterocycles. The summed E-state index contributed by atoms with van der Waals surface area (Å²) in [5.74, 6) is -1.43. The molecule has 3 aromatic carbocycles. The van der Waals surface area contributed by atoms with Crippen LogP contribution in [0.1, 0.15) is 39.1 Å². The number of ether oxygens (including phenoxy) is 1. The number of benzene rings is 3. The molecule has 34 heavy (non-hydrogen) atoms. The Hall–Kier alpha value is -4.04. The highest BCUT2D eigenvalue weighted by Gasteiger charge is 2.23. The van der Waals surface area contributed by atoms with Crippen LogP contribution in [0.25, 0.3) is 0 Å². The summed E-state index contributed by atoms with van der Waals surface area (Å²) in [4.78, 5) is 37.2. The van der Waals surface area contributed by atoms with E-state index in [4.69, 9.17) is 4.74 Å². The molecule has 0 radical (unpaired) electrons. The van der Waals surface area contributed by atoms with E-state index in [0.29, 0.717) is 30.0 Å². The Morgan fingerprint density at radius 3 is 2.29 bits per heavy atom. The van der Waals surface area contributed by atoms with Crippen LogP contribution in [-0.2, 0) is 16.1 Å². The number of carbonyl (C=O) groups excluding carboxylic acids is 3. The Labute approximate surface area is 196 Å². The van der Waals surface area contributed by atoms with Crippen molar-refractivity contribution >= 4 is 29.1 Å². The zero-order valence-corrected chi connectivity index (χ0v) is 18.3. The number of halogens is 1. The van der Waals surface area contributed by atoms with Crippen LogP contribution in [0.2, 0.25) is 0 Å². The molecule has 0 spiro atoms. The lowest BCUT2D eigenvalue weighted by atomic mass is 10.1. The van der Waals surface area contributed by atoms with Gasteiger partial charge in [0.1, 0.15) is 11.9 Å². The smallest absolute Gasteiger partial charge is 0.255 e. The summed E-state index contributed by atoms with van der Waals surface area (Å²) < 4.78 is 18.7. The van der Waals surface area contributed by atoms with E-state index in [1.54, 1.807) is 42.5 Å². The predicted molar refractivity (Wildman–Crippen MR) is 126 cm³/mol. The zero-order chi connectivity index (χ0) is 23.9. The van der Waals surface area contributed by atoms with Crippen molar-refractivity contribution in [2.24, 2.45) is 0 Å². The maximum Gasteiger partial charge on any atom is 0.255 e. The third kappa shape index (κ3) is 6.05. The van der Waals surface area contributed by atoms with Gasteiger partial charge in [-0.3, -0.25) is 14.4 Å². The molecule has 1 fully saturated rings. The van der Waals surface area contributed by atoms with E-state index in [2.05, 4.69) is 16.0 Å². The normalized spacial score (nSPS) is 14.9. The fraction of sp³-hybridized carbons (Fsp3) is 0.192. The van der Waals surface area contributed by atoms with E-state index in [1.165, 1.54) is 18.2 Å². The third-order valence-corrected chi connectivity index (χ3v) is 5.34. The molecule has 174 valence electrons. The fourth-order valence-corrected chi connectivity index (χ4v) is 3.62. The second kappa shape index (κ2) is 10.7. The number of carbonyl (C=O) groups is 3. The van der Waals surface area contributed by atoms with Crippen molar-refractivity contribution < 1.29 is 23.5 Å². The van der Waals surface area contributed by atoms with Gasteiger partial charge in [-0.15, -0.1) is 0 Å². The number of amides is 3. The quantitative estimate of drug-likeness (QED) is 0.493. The largest absolute Gasteiger partial charge is 0.368 e. The van der Waals surface area contributed by atoms with Gasteiger partial charge in [-0.05, 0) is 66.9 Å². The molecule has 3 aromatic rings. The van der Waals surface area contributed by atoms with Gasteiger partial charge in [0.05, 0.1) is 0 Å². The van der Waals surface area contributed by atoms with Gasteiger partial charge in [0, 0.05) is 35.7 Å². The maximum atomic E-state index is 13.4. The highest BCUT2D eigenvalue weighted by molar-refractivity contribution is 6.04. The van der Waals surface area contributed by atoms with Gasteiger partial charge in [0.2, 0.25) is 0 Å². The third-order valence-electron chi connectivity index (χ3n) is 5.34. The first-order valence-electron chi connectivity index (χ1n) is 10.9. The number of rotatable bonds is 7. The van der Waals surface area contributed by atoms with Gasteiger partial charge in [0.25, 0.3) is 17.7 Å². The molecule has 1 unspecified atom stereocenters. The molecule has 1 aliphatic rings. The van der Waals surface area contributed by atoms with Crippen LogP contribution in [0.15, 0.2) is 72.8 Å². The molecule has 3 amide bonds. The second-order valence-corrected chi connectivity index (χ2v) is 7.92. The van der Waals surface area contributed by atoms with Crippen LogP contribution in [0, 0.1) is 5.82 Å². The second-order valence-electron chi connectivity index (χ2n) is 7.92. The summed E-state index contributed by atoms with van der Waals surface area (Å²) in [5.41, 5.74) is 2.44. The Balaban J connectivity index is 1.34. The van der Waals surface area contributed by atoms with Crippen molar-refractivity contribution in [3.05, 3.63) is 95.3 Å². The average molecular weight is 461 g/mol. The van der Waals surface area contributed by atoms with Gasteiger partial charge in [-0.25, -0.2) is 4.39 Å². The molecule has 8 heteroatoms. The average Bonchev–Trinajstić information content (AvgIpc) is 3.38. The molecule has 4 rings (SSSR count). The van der Waals surface area contributed by atoms with E-state index in [9.17, 15) is 18.8 Å². The summed E-state index contributed by atoms with van der Waals surface area (Å²) in [6.45, 7) is 0.811. The summed E-state index contributed by atoms with van der Waals surface area (Å²) >= 11 is 0. The zero-order valence-electron chi connectivity index (χ0n) is 18.3. The molecule has 1 aliphatic heterocycles. The van der Waals surface area contributed by atoms with Gasteiger partial charge in [-0.2, -0.15) is 0 Å². The van der Waals surface area contributed by atoms with Gasteiger partial charge in [-0.1, -0.05) is 24.3 Å². The van der Waals surface area contributed by atoms with Crippen LogP contribution >= 0.6 is 0 Å². The lowest BCUT2D eigenvalue weighted by Crippen LogP contribution is -2.27. The van der Waals surface area contributed by atoms with Gasteiger partial charge < -0.3 is 20.7 Å². The highest BCUT2D eigenvalue weighted by atomic mass is 19.1. The SMILES string of the molecule is O=C(NCc1cccc(NC(=O)c2cccc(F)c2)c1)c1cccc(NC(=O)C2CCCO2)c1. The van der Waals surface area contributed by atoms with E-state index in [1.807, 2.05) is 6.07 Å². The van der Waals surface area contributed by atoms with Crippen molar-refractivity contribution in [2.75, 3.05) is 17.2 Å². The molecular weight excluding hydrogens is 437 g/mol. The number of anilines is 2. The van der Waals surface area contributed by atoms with Crippen LogP contribution in [0.4, 0.5) is 15.8 Å². The molecule has 7 nitrogen and oxygen atoms in total. The number of hydrogen-bond acceptors (Lipinski definition) is 4. The molecule has 0 saturated carbocycles. The van der Waals surface area contributed by atoms with Crippen LogP contribution in [0.5, 0.6) is 0 Å². The fourth-order valence-electron chi connectivity index (χ4n) is 3.62. The van der Waals surface area contributed by atoms with Crippen molar-refractivity contribution in [1.82, 2.24) is 5.32 Å². The van der Waals surface area contributed by atoms with Gasteiger partial charge in [0.15, 0.2) is 0 Å². The van der Waals surface area contributed by atoms with Crippen molar-refractivity contribution in [2.45, 2.75) is 25.5 Å². The van der Waals surface area contributed by atoms with Crippen LogP contribution < -0.4 is 16.0 Å². The first-order chi connectivity index (χ1) is 16.5. The highest BCUT2D eigenvalue weighted by Crippen LogP contribution is 2.17. The minimum absolute atomic E-state index is 0.213.